The van der Waals surface area contributed by atoms with Crippen molar-refractivity contribution in [1.82, 2.24) is 9.88 Å². The van der Waals surface area contributed by atoms with Crippen molar-refractivity contribution in [2.24, 2.45) is 0 Å². The van der Waals surface area contributed by atoms with Gasteiger partial charge in [0.15, 0.2) is 5.13 Å². The van der Waals surface area contributed by atoms with Gasteiger partial charge >= 0.3 is 0 Å². The number of likely N-dealkylation sites (tertiary alicyclic amines) is 1. The molecule has 1 N–H and O–H groups in total. The zero-order chi connectivity index (χ0) is 23.8. The molecule has 0 bridgehead atoms. The number of nitrogens with zero attached hydrogens (tertiary/aromatic N) is 3. The largest absolute Gasteiger partial charge is 0.298 e. The Balaban J connectivity index is 1.30. The summed E-state index contributed by atoms with van der Waals surface area (Å²) in [7, 11) is 0. The maximum atomic E-state index is 13.2. The van der Waals surface area contributed by atoms with Gasteiger partial charge in [-0.25, -0.2) is 14.3 Å². The molecule has 3 heterocycles. The van der Waals surface area contributed by atoms with Crippen LogP contribution in [-0.4, -0.2) is 40.2 Å². The maximum absolute atomic E-state index is 13.2. The fourth-order valence-corrected chi connectivity index (χ4v) is 5.24. The molecule has 9 heteroatoms. The molecule has 34 heavy (non-hydrogen) atoms. The number of carbonyl (C=O) groups is 3. The normalized spacial score (nSPS) is 18.3. The van der Waals surface area contributed by atoms with E-state index >= 15 is 0 Å². The summed E-state index contributed by atoms with van der Waals surface area (Å²) in [6.07, 6.45) is 5.44. The number of hydrogen-bond acceptors (Lipinski definition) is 6. The minimum Gasteiger partial charge on any atom is -0.298 e. The summed E-state index contributed by atoms with van der Waals surface area (Å²) in [5.41, 5.74) is 0.873. The van der Waals surface area contributed by atoms with Gasteiger partial charge in [0, 0.05) is 29.2 Å². The van der Waals surface area contributed by atoms with Gasteiger partial charge in [-0.2, -0.15) is 0 Å². The Bertz CT molecular complexity index is 1270. The molecule has 1 aromatic heterocycles. The zero-order valence-corrected chi connectivity index (χ0v) is 19.4. The smallest absolute Gasteiger partial charge is 0.266 e. The number of piperidine rings is 1. The van der Waals surface area contributed by atoms with Crippen LogP contribution >= 0.6 is 11.3 Å². The fourth-order valence-electron chi connectivity index (χ4n) is 4.41. The number of thiazole rings is 1. The van der Waals surface area contributed by atoms with Crippen LogP contribution in [0.15, 0.2) is 48.7 Å². The second-order valence-electron chi connectivity index (χ2n) is 8.58. The van der Waals surface area contributed by atoms with Crippen molar-refractivity contribution in [1.29, 1.82) is 0 Å². The SMILES string of the molecule is CC1CCCCN1Cc1cnc(NC(=O)c2ccc3c(c2)C(=O)N(c2ccc(F)cc2)C3=O)s1. The predicted octanol–water partition coefficient (Wildman–Crippen LogP) is 4.71. The zero-order valence-electron chi connectivity index (χ0n) is 18.6. The molecule has 3 aromatic rings. The van der Waals surface area contributed by atoms with E-state index in [0.717, 1.165) is 22.9 Å². The molecule has 0 radical (unpaired) electrons. The van der Waals surface area contributed by atoms with E-state index < -0.39 is 23.5 Å². The summed E-state index contributed by atoms with van der Waals surface area (Å²) >= 11 is 1.43. The van der Waals surface area contributed by atoms with Gasteiger partial charge in [0.05, 0.1) is 16.8 Å². The lowest BCUT2D eigenvalue weighted by molar-refractivity contribution is 0.0925. The second kappa shape index (κ2) is 9.08. The monoisotopic (exact) mass is 478 g/mol. The number of carbonyl (C=O) groups excluding carboxylic acids is 3. The van der Waals surface area contributed by atoms with Crippen molar-refractivity contribution in [3.05, 3.63) is 76.0 Å². The molecule has 1 fully saturated rings. The number of benzene rings is 2. The Kier molecular flexibility index (Phi) is 5.97. The van der Waals surface area contributed by atoms with Crippen molar-refractivity contribution in [3.8, 4) is 0 Å². The highest BCUT2D eigenvalue weighted by molar-refractivity contribution is 7.15. The standard InChI is InChI=1S/C25H23FN4O3S/c1-15-4-2-3-11-29(15)14-19-13-27-25(34-19)28-22(31)16-5-10-20-21(12-16)24(33)30(23(20)32)18-8-6-17(26)7-9-18/h5-10,12-13,15H,2-4,11,14H2,1H3,(H,27,28,31). The van der Waals surface area contributed by atoms with Crippen LogP contribution in [0.1, 0.15) is 62.1 Å². The van der Waals surface area contributed by atoms with Crippen molar-refractivity contribution in [2.45, 2.75) is 38.8 Å². The highest BCUT2D eigenvalue weighted by Gasteiger charge is 2.37. The Morgan fingerprint density at radius 1 is 1.12 bits per heavy atom. The molecular weight excluding hydrogens is 455 g/mol. The third-order valence-corrected chi connectivity index (χ3v) is 7.20. The van der Waals surface area contributed by atoms with E-state index in [2.05, 4.69) is 22.1 Å². The molecule has 1 atom stereocenters. The van der Waals surface area contributed by atoms with Crippen molar-refractivity contribution in [3.63, 3.8) is 0 Å². The number of amides is 3. The molecule has 1 saturated heterocycles. The van der Waals surface area contributed by atoms with Crippen LogP contribution in [0.25, 0.3) is 0 Å². The summed E-state index contributed by atoms with van der Waals surface area (Å²) < 4.78 is 13.2. The molecule has 174 valence electrons. The third kappa shape index (κ3) is 4.24. The van der Waals surface area contributed by atoms with E-state index in [1.54, 1.807) is 6.20 Å². The molecular formula is C25H23FN4O3S. The molecule has 5 rings (SSSR count). The van der Waals surface area contributed by atoms with Crippen molar-refractivity contribution >= 4 is 39.9 Å². The summed E-state index contributed by atoms with van der Waals surface area (Å²) in [5, 5.41) is 3.28. The first-order valence-electron chi connectivity index (χ1n) is 11.2. The van der Waals surface area contributed by atoms with Crippen LogP contribution in [0.3, 0.4) is 0 Å². The molecule has 2 aliphatic rings. The van der Waals surface area contributed by atoms with Gasteiger partial charge in [-0.3, -0.25) is 24.6 Å². The van der Waals surface area contributed by atoms with E-state index in [1.165, 1.54) is 73.1 Å². The van der Waals surface area contributed by atoms with Crippen LogP contribution in [0.2, 0.25) is 0 Å². The average Bonchev–Trinajstić information content (AvgIpc) is 3.37. The van der Waals surface area contributed by atoms with Crippen LogP contribution in [0.5, 0.6) is 0 Å². The molecule has 0 spiro atoms. The molecule has 3 amide bonds. The first kappa shape index (κ1) is 22.4. The van der Waals surface area contributed by atoms with E-state index in [4.69, 9.17) is 0 Å². The lowest BCUT2D eigenvalue weighted by Crippen LogP contribution is -2.36. The van der Waals surface area contributed by atoms with Gasteiger partial charge in [-0.05, 0) is 68.8 Å². The summed E-state index contributed by atoms with van der Waals surface area (Å²) in [4.78, 5) is 47.3. The topological polar surface area (TPSA) is 82.6 Å². The summed E-state index contributed by atoms with van der Waals surface area (Å²) in [6.45, 7) is 4.11. The summed E-state index contributed by atoms with van der Waals surface area (Å²) in [5.74, 6) is -1.92. The number of aromatic nitrogens is 1. The Morgan fingerprint density at radius 2 is 1.88 bits per heavy atom. The van der Waals surface area contributed by atoms with Gasteiger partial charge in [-0.15, -0.1) is 11.3 Å². The van der Waals surface area contributed by atoms with Crippen molar-refractivity contribution in [2.75, 3.05) is 16.8 Å². The second-order valence-corrected chi connectivity index (χ2v) is 9.70. The molecule has 7 nitrogen and oxygen atoms in total. The number of fused-ring (bicyclic) bond motifs is 1. The van der Waals surface area contributed by atoms with Gasteiger partial charge in [0.2, 0.25) is 0 Å². The number of rotatable bonds is 5. The lowest BCUT2D eigenvalue weighted by atomic mass is 10.0. The van der Waals surface area contributed by atoms with E-state index in [0.29, 0.717) is 11.2 Å². The third-order valence-electron chi connectivity index (χ3n) is 6.31. The Labute approximate surface area is 200 Å². The number of anilines is 2. The van der Waals surface area contributed by atoms with Gasteiger partial charge in [0.25, 0.3) is 17.7 Å². The number of halogens is 1. The molecule has 1 unspecified atom stereocenters. The highest BCUT2D eigenvalue weighted by atomic mass is 32.1. The molecule has 0 aliphatic carbocycles. The van der Waals surface area contributed by atoms with Crippen LogP contribution in [0, 0.1) is 5.82 Å². The fraction of sp³-hybridized carbons (Fsp3) is 0.280. The summed E-state index contributed by atoms with van der Waals surface area (Å²) in [6, 6.07) is 10.0. The average molecular weight is 479 g/mol. The highest BCUT2D eigenvalue weighted by Crippen LogP contribution is 2.30. The van der Waals surface area contributed by atoms with E-state index in [-0.39, 0.29) is 22.4 Å². The Hall–Kier alpha value is -3.43. The number of nitrogens with one attached hydrogen (secondary N) is 1. The number of imide groups is 1. The predicted molar refractivity (Wildman–Crippen MR) is 128 cm³/mol. The maximum Gasteiger partial charge on any atom is 0.266 e. The first-order valence-corrected chi connectivity index (χ1v) is 12.0. The lowest BCUT2D eigenvalue weighted by Gasteiger charge is -2.32. The van der Waals surface area contributed by atoms with Crippen LogP contribution in [0.4, 0.5) is 15.2 Å². The van der Waals surface area contributed by atoms with Crippen LogP contribution in [-0.2, 0) is 6.54 Å². The van der Waals surface area contributed by atoms with E-state index in [9.17, 15) is 18.8 Å². The first-order chi connectivity index (χ1) is 16.4. The number of hydrogen-bond donors (Lipinski definition) is 1. The van der Waals surface area contributed by atoms with Gasteiger partial charge in [0.1, 0.15) is 5.82 Å². The van der Waals surface area contributed by atoms with Crippen molar-refractivity contribution < 1.29 is 18.8 Å². The Morgan fingerprint density at radius 3 is 2.65 bits per heavy atom. The van der Waals surface area contributed by atoms with Crippen LogP contribution < -0.4 is 10.2 Å². The minimum absolute atomic E-state index is 0.140. The molecule has 2 aliphatic heterocycles. The molecule has 2 aromatic carbocycles. The van der Waals surface area contributed by atoms with E-state index in [1.807, 2.05) is 0 Å². The minimum atomic E-state index is -0.548. The van der Waals surface area contributed by atoms with Gasteiger partial charge in [-0.1, -0.05) is 6.42 Å². The quantitative estimate of drug-likeness (QED) is 0.537. The van der Waals surface area contributed by atoms with Gasteiger partial charge < -0.3 is 0 Å². The molecule has 0 saturated carbocycles.